The Balaban J connectivity index is 1.20. The third kappa shape index (κ3) is 4.97. The minimum Gasteiger partial charge on any atom is -0.368 e. The highest BCUT2D eigenvalue weighted by atomic mass is 35.5. The maximum absolute atomic E-state index is 13.3. The number of rotatable bonds is 6. The number of sulfonamides is 2. The molecule has 36 heavy (non-hydrogen) atoms. The van der Waals surface area contributed by atoms with E-state index < -0.39 is 26.2 Å². The summed E-state index contributed by atoms with van der Waals surface area (Å²) in [5.74, 6) is -0.295. The lowest BCUT2D eigenvalue weighted by atomic mass is 9.77. The standard InChI is InChI=1S/C21H24ClN5O6S3/c1-35(29,30)25-15-4-2-14(3-5-15)23-18(28)16-12-21(13-33-16)6-8-26(9-7-21)36(31,32)19-17(22)24-20-27(19)10-11-34-20/h2-5,10-11,16,25H,6-9,12-13H2,1H3,(H,23,28). The zero-order valence-electron chi connectivity index (χ0n) is 19.2. The van der Waals surface area contributed by atoms with Crippen molar-refractivity contribution in [2.24, 2.45) is 5.41 Å². The van der Waals surface area contributed by atoms with Gasteiger partial charge in [-0.2, -0.15) is 4.31 Å². The van der Waals surface area contributed by atoms with Crippen molar-refractivity contribution in [2.45, 2.75) is 30.4 Å². The minimum absolute atomic E-state index is 0.0194. The lowest BCUT2D eigenvalue weighted by Crippen LogP contribution is -2.44. The van der Waals surface area contributed by atoms with Gasteiger partial charge in [-0.05, 0) is 48.9 Å². The van der Waals surface area contributed by atoms with Gasteiger partial charge in [-0.3, -0.25) is 13.9 Å². The highest BCUT2D eigenvalue weighted by Crippen LogP contribution is 2.43. The van der Waals surface area contributed by atoms with Crippen LogP contribution in [0.4, 0.5) is 11.4 Å². The highest BCUT2D eigenvalue weighted by Gasteiger charge is 2.47. The normalized spacial score (nSPS) is 20.7. The number of amides is 1. The van der Waals surface area contributed by atoms with Gasteiger partial charge in [0.2, 0.25) is 10.0 Å². The van der Waals surface area contributed by atoms with Crippen LogP contribution in [0.5, 0.6) is 0 Å². The molecule has 2 aliphatic rings. The summed E-state index contributed by atoms with van der Waals surface area (Å²) in [6.45, 7) is 0.962. The van der Waals surface area contributed by atoms with Crippen LogP contribution in [-0.2, 0) is 29.6 Å². The summed E-state index contributed by atoms with van der Waals surface area (Å²) < 4.78 is 60.4. The molecule has 0 saturated carbocycles. The summed E-state index contributed by atoms with van der Waals surface area (Å²) in [4.78, 5) is 17.4. The molecule has 2 N–H and O–H groups in total. The van der Waals surface area contributed by atoms with E-state index in [1.54, 1.807) is 35.8 Å². The van der Waals surface area contributed by atoms with Crippen LogP contribution in [0.3, 0.4) is 0 Å². The summed E-state index contributed by atoms with van der Waals surface area (Å²) in [6.07, 6.45) is 3.65. The summed E-state index contributed by atoms with van der Waals surface area (Å²) in [6, 6.07) is 6.32. The maximum Gasteiger partial charge on any atom is 0.262 e. The van der Waals surface area contributed by atoms with Crippen molar-refractivity contribution in [1.29, 1.82) is 0 Å². The number of piperidine rings is 1. The van der Waals surface area contributed by atoms with Crippen molar-refractivity contribution >= 4 is 65.2 Å². The van der Waals surface area contributed by atoms with E-state index in [1.807, 2.05) is 0 Å². The van der Waals surface area contributed by atoms with Gasteiger partial charge < -0.3 is 10.1 Å². The Bertz CT molecular complexity index is 1510. The first kappa shape index (κ1) is 25.4. The van der Waals surface area contributed by atoms with E-state index >= 15 is 0 Å². The first-order chi connectivity index (χ1) is 17.0. The fraction of sp³-hybridized carbons (Fsp3) is 0.429. The number of thiazole rings is 1. The number of imidazole rings is 1. The Hall–Kier alpha value is -2.23. The lowest BCUT2D eigenvalue weighted by molar-refractivity contribution is -0.124. The Kier molecular flexibility index (Phi) is 6.54. The molecule has 11 nitrogen and oxygen atoms in total. The first-order valence-electron chi connectivity index (χ1n) is 11.1. The van der Waals surface area contributed by atoms with E-state index in [0.717, 1.165) is 6.26 Å². The molecule has 1 aromatic carbocycles. The molecule has 1 unspecified atom stereocenters. The molecule has 5 rings (SSSR count). The van der Waals surface area contributed by atoms with E-state index in [-0.39, 0.29) is 21.5 Å². The maximum atomic E-state index is 13.3. The van der Waals surface area contributed by atoms with Crippen molar-refractivity contribution in [3.63, 3.8) is 0 Å². The molecular formula is C21H24ClN5O6S3. The van der Waals surface area contributed by atoms with Crippen LogP contribution in [0, 0.1) is 5.41 Å². The number of aromatic nitrogens is 2. The summed E-state index contributed by atoms with van der Waals surface area (Å²) >= 11 is 7.47. The summed E-state index contributed by atoms with van der Waals surface area (Å²) in [7, 11) is -7.22. The molecule has 2 aliphatic heterocycles. The molecule has 4 heterocycles. The molecule has 15 heteroatoms. The lowest BCUT2D eigenvalue weighted by Gasteiger charge is -2.37. The van der Waals surface area contributed by atoms with Crippen molar-refractivity contribution in [3.05, 3.63) is 41.0 Å². The number of benzene rings is 1. The van der Waals surface area contributed by atoms with Gasteiger partial charge in [0.1, 0.15) is 6.10 Å². The van der Waals surface area contributed by atoms with Gasteiger partial charge in [0.15, 0.2) is 15.1 Å². The van der Waals surface area contributed by atoms with Gasteiger partial charge in [-0.1, -0.05) is 11.6 Å². The predicted octanol–water partition coefficient (Wildman–Crippen LogP) is 2.62. The average Bonchev–Trinajstić information content (AvgIpc) is 3.49. The quantitative estimate of drug-likeness (QED) is 0.462. The number of carbonyl (C=O) groups is 1. The molecule has 3 aromatic rings. The Morgan fingerprint density at radius 2 is 1.83 bits per heavy atom. The molecule has 0 bridgehead atoms. The number of nitrogens with zero attached hydrogens (tertiary/aromatic N) is 3. The second-order valence-corrected chi connectivity index (χ2v) is 13.9. The number of nitrogens with one attached hydrogen (secondary N) is 2. The molecule has 2 saturated heterocycles. The number of anilines is 2. The predicted molar refractivity (Wildman–Crippen MR) is 136 cm³/mol. The summed E-state index contributed by atoms with van der Waals surface area (Å²) in [5, 5.41) is 4.49. The SMILES string of the molecule is CS(=O)(=O)Nc1ccc(NC(=O)C2CC3(CCN(S(=O)(=O)c4c(Cl)nc5sccn45)CC3)CO2)cc1. The fourth-order valence-electron chi connectivity index (χ4n) is 4.66. The second kappa shape index (κ2) is 9.26. The smallest absolute Gasteiger partial charge is 0.262 e. The van der Waals surface area contributed by atoms with E-state index in [0.29, 0.717) is 55.3 Å². The van der Waals surface area contributed by atoms with Crippen LogP contribution in [0.1, 0.15) is 19.3 Å². The van der Waals surface area contributed by atoms with Gasteiger partial charge >= 0.3 is 0 Å². The number of carbonyl (C=O) groups excluding carboxylic acids is 1. The Labute approximate surface area is 217 Å². The van der Waals surface area contributed by atoms with Crippen LogP contribution in [0.15, 0.2) is 40.9 Å². The van der Waals surface area contributed by atoms with E-state index in [2.05, 4.69) is 15.0 Å². The van der Waals surface area contributed by atoms with Crippen molar-refractivity contribution in [2.75, 3.05) is 36.0 Å². The highest BCUT2D eigenvalue weighted by molar-refractivity contribution is 7.92. The van der Waals surface area contributed by atoms with Crippen molar-refractivity contribution in [1.82, 2.24) is 13.7 Å². The van der Waals surface area contributed by atoms with Gasteiger partial charge in [-0.25, -0.2) is 21.8 Å². The summed E-state index contributed by atoms with van der Waals surface area (Å²) in [5.41, 5.74) is 0.628. The molecule has 0 radical (unpaired) electrons. The molecular weight excluding hydrogens is 550 g/mol. The first-order valence-corrected chi connectivity index (χ1v) is 15.7. The van der Waals surface area contributed by atoms with E-state index in [1.165, 1.54) is 20.0 Å². The zero-order valence-corrected chi connectivity index (χ0v) is 22.4. The van der Waals surface area contributed by atoms with Gasteiger partial charge in [-0.15, -0.1) is 11.3 Å². The van der Waals surface area contributed by atoms with Crippen molar-refractivity contribution < 1.29 is 26.4 Å². The number of hydrogen-bond acceptors (Lipinski definition) is 8. The molecule has 1 amide bonds. The molecule has 2 aromatic heterocycles. The zero-order chi connectivity index (χ0) is 25.7. The second-order valence-electron chi connectivity index (χ2n) is 9.11. The van der Waals surface area contributed by atoms with Crippen LogP contribution < -0.4 is 10.0 Å². The Morgan fingerprint density at radius 3 is 2.50 bits per heavy atom. The van der Waals surface area contributed by atoms with Crippen LogP contribution in [-0.4, -0.2) is 68.5 Å². The molecule has 1 spiro atoms. The van der Waals surface area contributed by atoms with Crippen LogP contribution in [0.2, 0.25) is 5.15 Å². The molecule has 0 aliphatic carbocycles. The third-order valence-electron chi connectivity index (χ3n) is 6.50. The molecule has 1 atom stereocenters. The van der Waals surface area contributed by atoms with Gasteiger partial charge in [0.25, 0.3) is 15.9 Å². The number of fused-ring (bicyclic) bond motifs is 1. The Morgan fingerprint density at radius 1 is 1.17 bits per heavy atom. The monoisotopic (exact) mass is 573 g/mol. The van der Waals surface area contributed by atoms with E-state index in [4.69, 9.17) is 16.3 Å². The van der Waals surface area contributed by atoms with Crippen LogP contribution >= 0.6 is 22.9 Å². The third-order valence-corrected chi connectivity index (χ3v) is 10.2. The topological polar surface area (TPSA) is 139 Å². The number of ether oxygens (including phenoxy) is 1. The van der Waals surface area contributed by atoms with E-state index in [9.17, 15) is 21.6 Å². The average molecular weight is 574 g/mol. The minimum atomic E-state index is -3.83. The van der Waals surface area contributed by atoms with Crippen LogP contribution in [0.25, 0.3) is 4.96 Å². The fourth-order valence-corrected chi connectivity index (χ4v) is 8.07. The van der Waals surface area contributed by atoms with Crippen molar-refractivity contribution in [3.8, 4) is 0 Å². The van der Waals surface area contributed by atoms with Gasteiger partial charge in [0.05, 0.1) is 12.9 Å². The van der Waals surface area contributed by atoms with Gasteiger partial charge in [0, 0.05) is 36.0 Å². The molecule has 2 fully saturated rings. The largest absolute Gasteiger partial charge is 0.368 e. The number of hydrogen-bond donors (Lipinski definition) is 2. The molecule has 194 valence electrons. The number of halogens is 1.